The van der Waals surface area contributed by atoms with Crippen molar-refractivity contribution in [2.75, 3.05) is 11.9 Å². The van der Waals surface area contributed by atoms with Crippen LogP contribution in [0.3, 0.4) is 0 Å². The molecule has 0 fully saturated rings. The van der Waals surface area contributed by atoms with Gasteiger partial charge < -0.3 is 10.1 Å². The van der Waals surface area contributed by atoms with Crippen LogP contribution in [0.1, 0.15) is 18.1 Å². The Kier molecular flexibility index (Phi) is 7.78. The van der Waals surface area contributed by atoms with Gasteiger partial charge in [0, 0.05) is 0 Å². The molecular formula is C24H24F2N2O4S. The third-order valence-corrected chi connectivity index (χ3v) is 6.33. The van der Waals surface area contributed by atoms with Crippen LogP contribution in [0, 0.1) is 18.6 Å². The Labute approximate surface area is 191 Å². The number of aryl methyl sites for hydroxylation is 1. The molecule has 0 aromatic heterocycles. The summed E-state index contributed by atoms with van der Waals surface area (Å²) in [6, 6.07) is 14.9. The molecule has 3 aromatic carbocycles. The summed E-state index contributed by atoms with van der Waals surface area (Å²) in [6.45, 7) is 3.95. The van der Waals surface area contributed by atoms with Crippen molar-refractivity contribution < 1.29 is 26.7 Å². The quantitative estimate of drug-likeness (QED) is 0.487. The predicted molar refractivity (Wildman–Crippen MR) is 122 cm³/mol. The third-order valence-electron chi connectivity index (χ3n) is 4.86. The van der Waals surface area contributed by atoms with E-state index in [1.165, 1.54) is 24.3 Å². The van der Waals surface area contributed by atoms with Gasteiger partial charge in [-0.25, -0.2) is 17.2 Å². The fourth-order valence-corrected chi connectivity index (χ4v) is 4.51. The Bertz CT molecular complexity index is 1210. The fourth-order valence-electron chi connectivity index (χ4n) is 3.23. The zero-order valence-electron chi connectivity index (χ0n) is 18.1. The van der Waals surface area contributed by atoms with Gasteiger partial charge in [-0.2, -0.15) is 4.72 Å². The maximum atomic E-state index is 14.0. The maximum absolute atomic E-state index is 14.0. The van der Waals surface area contributed by atoms with Gasteiger partial charge >= 0.3 is 0 Å². The van der Waals surface area contributed by atoms with E-state index in [0.29, 0.717) is 23.5 Å². The lowest BCUT2D eigenvalue weighted by molar-refractivity contribution is -0.117. The lowest BCUT2D eigenvalue weighted by Crippen LogP contribution is -2.45. The normalized spacial score (nSPS) is 12.2. The fraction of sp³-hybridized carbons (Fsp3) is 0.208. The van der Waals surface area contributed by atoms with Crippen molar-refractivity contribution in [3.05, 3.63) is 89.5 Å². The number of anilines is 1. The van der Waals surface area contributed by atoms with Gasteiger partial charge in [-0.1, -0.05) is 36.4 Å². The minimum absolute atomic E-state index is 0.0298. The second-order valence-corrected chi connectivity index (χ2v) is 9.02. The number of ether oxygens (including phenoxy) is 1. The molecule has 0 heterocycles. The van der Waals surface area contributed by atoms with Crippen molar-refractivity contribution in [3.8, 4) is 5.75 Å². The first-order valence-corrected chi connectivity index (χ1v) is 11.7. The second-order valence-electron chi connectivity index (χ2n) is 7.31. The smallest absolute Gasteiger partial charge is 0.243 e. The lowest BCUT2D eigenvalue weighted by Gasteiger charge is -2.20. The maximum Gasteiger partial charge on any atom is 0.243 e. The molecule has 0 spiro atoms. The van der Waals surface area contributed by atoms with E-state index < -0.39 is 39.3 Å². The first kappa shape index (κ1) is 24.3. The Hall–Kier alpha value is -3.30. The summed E-state index contributed by atoms with van der Waals surface area (Å²) in [5, 5.41) is 2.17. The summed E-state index contributed by atoms with van der Waals surface area (Å²) in [4.78, 5) is 12.9. The van der Waals surface area contributed by atoms with Crippen LogP contribution in [0.15, 0.2) is 71.6 Å². The number of halogens is 2. The number of amides is 1. The van der Waals surface area contributed by atoms with Gasteiger partial charge in [0.25, 0.3) is 0 Å². The number of sulfonamides is 1. The number of hydrogen-bond acceptors (Lipinski definition) is 4. The summed E-state index contributed by atoms with van der Waals surface area (Å²) >= 11 is 0. The van der Waals surface area contributed by atoms with Crippen LogP contribution in [0.5, 0.6) is 5.75 Å². The van der Waals surface area contributed by atoms with Crippen LogP contribution in [-0.2, 0) is 21.2 Å². The second kappa shape index (κ2) is 10.5. The van der Waals surface area contributed by atoms with Crippen molar-refractivity contribution in [2.24, 2.45) is 0 Å². The van der Waals surface area contributed by atoms with E-state index in [1.54, 1.807) is 37.3 Å². The zero-order chi connectivity index (χ0) is 24.0. The molecule has 0 radical (unpaired) electrons. The highest BCUT2D eigenvalue weighted by Crippen LogP contribution is 2.23. The van der Waals surface area contributed by atoms with E-state index in [2.05, 4.69) is 10.0 Å². The summed E-state index contributed by atoms with van der Waals surface area (Å²) in [6.07, 6.45) is -0.0298. The first-order chi connectivity index (χ1) is 15.7. The van der Waals surface area contributed by atoms with Crippen LogP contribution in [-0.4, -0.2) is 27.0 Å². The molecule has 9 heteroatoms. The Balaban J connectivity index is 1.90. The standard InChI is InChI=1S/C24H24F2N2O4S/c1-3-32-22-13-12-18(14-16(22)2)33(30,31)28-21(15-17-8-5-4-6-9-17)24(29)27-23-19(25)10-7-11-20(23)26/h4-14,21,28H,3,15H2,1-2H3,(H,27,29)/t21-/m1/s1. The molecule has 0 aliphatic heterocycles. The number of benzene rings is 3. The van der Waals surface area contributed by atoms with E-state index in [9.17, 15) is 22.0 Å². The SMILES string of the molecule is CCOc1ccc(S(=O)(=O)N[C@H](Cc2ccccc2)C(=O)Nc2c(F)cccc2F)cc1C. The molecule has 0 saturated carbocycles. The van der Waals surface area contributed by atoms with Crippen LogP contribution < -0.4 is 14.8 Å². The van der Waals surface area contributed by atoms with E-state index in [0.717, 1.165) is 12.1 Å². The van der Waals surface area contributed by atoms with Gasteiger partial charge in [-0.3, -0.25) is 4.79 Å². The average molecular weight is 475 g/mol. The van der Waals surface area contributed by atoms with Crippen molar-refractivity contribution in [3.63, 3.8) is 0 Å². The molecule has 3 aromatic rings. The highest BCUT2D eigenvalue weighted by Gasteiger charge is 2.28. The minimum atomic E-state index is -4.15. The lowest BCUT2D eigenvalue weighted by atomic mass is 10.1. The van der Waals surface area contributed by atoms with Gasteiger partial charge in [0.2, 0.25) is 15.9 Å². The molecule has 0 aliphatic carbocycles. The zero-order valence-corrected chi connectivity index (χ0v) is 19.0. The topological polar surface area (TPSA) is 84.5 Å². The summed E-state index contributed by atoms with van der Waals surface area (Å²) in [5.41, 5.74) is 0.631. The number of rotatable bonds is 9. The summed E-state index contributed by atoms with van der Waals surface area (Å²) in [7, 11) is -4.15. The number of carbonyl (C=O) groups is 1. The Morgan fingerprint density at radius 1 is 1.00 bits per heavy atom. The minimum Gasteiger partial charge on any atom is -0.494 e. The monoisotopic (exact) mass is 474 g/mol. The van der Waals surface area contributed by atoms with Gasteiger partial charge in [0.1, 0.15) is 29.1 Å². The van der Waals surface area contributed by atoms with Gasteiger partial charge in [0.15, 0.2) is 0 Å². The van der Waals surface area contributed by atoms with Crippen molar-refractivity contribution in [1.82, 2.24) is 4.72 Å². The average Bonchev–Trinajstić information content (AvgIpc) is 2.78. The van der Waals surface area contributed by atoms with Crippen LogP contribution in [0.2, 0.25) is 0 Å². The van der Waals surface area contributed by atoms with Crippen LogP contribution in [0.4, 0.5) is 14.5 Å². The van der Waals surface area contributed by atoms with Crippen LogP contribution in [0.25, 0.3) is 0 Å². The van der Waals surface area contributed by atoms with Crippen molar-refractivity contribution in [1.29, 1.82) is 0 Å². The van der Waals surface area contributed by atoms with Crippen molar-refractivity contribution >= 4 is 21.6 Å². The predicted octanol–water partition coefficient (Wildman–Crippen LogP) is 4.20. The number of hydrogen-bond donors (Lipinski definition) is 2. The van der Waals surface area contributed by atoms with E-state index in [-0.39, 0.29) is 11.3 Å². The third kappa shape index (κ3) is 6.15. The summed E-state index contributed by atoms with van der Waals surface area (Å²) in [5.74, 6) is -2.28. The molecule has 1 amide bonds. The molecule has 0 bridgehead atoms. The molecule has 0 unspecified atom stereocenters. The number of para-hydroxylation sites is 1. The molecule has 2 N–H and O–H groups in total. The molecule has 33 heavy (non-hydrogen) atoms. The highest BCUT2D eigenvalue weighted by atomic mass is 32.2. The Morgan fingerprint density at radius 3 is 2.27 bits per heavy atom. The van der Waals surface area contributed by atoms with E-state index in [1.807, 2.05) is 6.92 Å². The van der Waals surface area contributed by atoms with E-state index >= 15 is 0 Å². The molecule has 6 nitrogen and oxygen atoms in total. The molecular weight excluding hydrogens is 450 g/mol. The summed E-state index contributed by atoms with van der Waals surface area (Å²) < 4.78 is 62.0. The molecule has 0 saturated heterocycles. The largest absolute Gasteiger partial charge is 0.494 e. The van der Waals surface area contributed by atoms with Gasteiger partial charge in [-0.15, -0.1) is 0 Å². The highest BCUT2D eigenvalue weighted by molar-refractivity contribution is 7.89. The Morgan fingerprint density at radius 2 is 1.67 bits per heavy atom. The number of carbonyl (C=O) groups excluding carboxylic acids is 1. The van der Waals surface area contributed by atoms with Gasteiger partial charge in [-0.05, 0) is 61.7 Å². The van der Waals surface area contributed by atoms with Crippen molar-refractivity contribution in [2.45, 2.75) is 31.2 Å². The first-order valence-electron chi connectivity index (χ1n) is 10.3. The molecule has 174 valence electrons. The molecule has 3 rings (SSSR count). The molecule has 1 atom stereocenters. The molecule has 0 aliphatic rings. The number of nitrogens with one attached hydrogen (secondary N) is 2. The van der Waals surface area contributed by atoms with Gasteiger partial charge in [0.05, 0.1) is 11.5 Å². The van der Waals surface area contributed by atoms with Crippen LogP contribution >= 0.6 is 0 Å². The van der Waals surface area contributed by atoms with E-state index in [4.69, 9.17) is 4.74 Å².